The first-order valence-corrected chi connectivity index (χ1v) is 13.9. The SMILES string of the molecule is Cc1ccc(S(=O)(=O)OI(c2ccccc2)c2ccccc2-c2ccccc2)cc1. The van der Waals surface area contributed by atoms with Crippen LogP contribution in [0.4, 0.5) is 0 Å². The van der Waals surface area contributed by atoms with E-state index in [1.54, 1.807) is 24.3 Å². The number of hydrogen-bond donors (Lipinski definition) is 0. The zero-order valence-electron chi connectivity index (χ0n) is 16.4. The number of aryl methyl sites for hydroxylation is 1. The third-order valence-corrected chi connectivity index (χ3v) is 12.0. The molecule has 0 heterocycles. The fraction of sp³-hybridized carbons (Fsp3) is 0.0400. The predicted molar refractivity (Wildman–Crippen MR) is 129 cm³/mol. The molecular formula is C25H21IO3S. The van der Waals surface area contributed by atoms with Crippen molar-refractivity contribution in [3.8, 4) is 11.1 Å². The fourth-order valence-electron chi connectivity index (χ4n) is 3.00. The maximum atomic E-state index is 13.2. The molecule has 4 aromatic rings. The van der Waals surface area contributed by atoms with E-state index in [2.05, 4.69) is 0 Å². The average molecular weight is 528 g/mol. The van der Waals surface area contributed by atoms with Gasteiger partial charge >= 0.3 is 186 Å². The van der Waals surface area contributed by atoms with E-state index < -0.39 is 30.4 Å². The second-order valence-electron chi connectivity index (χ2n) is 6.72. The molecule has 0 N–H and O–H groups in total. The summed E-state index contributed by atoms with van der Waals surface area (Å²) in [5.74, 6) is 0. The molecule has 0 spiro atoms. The molecule has 0 saturated heterocycles. The fourth-order valence-corrected chi connectivity index (χ4v) is 10.4. The van der Waals surface area contributed by atoms with Crippen molar-refractivity contribution < 1.29 is 10.9 Å². The monoisotopic (exact) mass is 528 g/mol. The van der Waals surface area contributed by atoms with Gasteiger partial charge in [-0.05, 0) is 0 Å². The molecule has 0 aliphatic rings. The Kier molecular flexibility index (Phi) is 6.32. The Morgan fingerprint density at radius 1 is 0.667 bits per heavy atom. The molecule has 0 amide bonds. The summed E-state index contributed by atoms with van der Waals surface area (Å²) >= 11 is -2.78. The van der Waals surface area contributed by atoms with Gasteiger partial charge in [0, 0.05) is 0 Å². The van der Waals surface area contributed by atoms with E-state index in [1.165, 1.54) is 0 Å². The van der Waals surface area contributed by atoms with Gasteiger partial charge in [0.05, 0.1) is 0 Å². The predicted octanol–water partition coefficient (Wildman–Crippen LogP) is 6.53. The summed E-state index contributed by atoms with van der Waals surface area (Å²) in [6.45, 7) is 1.93. The molecule has 0 bridgehead atoms. The minimum atomic E-state index is -3.90. The average Bonchev–Trinajstić information content (AvgIpc) is 2.79. The van der Waals surface area contributed by atoms with Gasteiger partial charge in [0.1, 0.15) is 0 Å². The second-order valence-corrected chi connectivity index (χ2v) is 13.1. The van der Waals surface area contributed by atoms with Gasteiger partial charge in [0.15, 0.2) is 0 Å². The molecule has 0 unspecified atom stereocenters. The third-order valence-electron chi connectivity index (χ3n) is 4.53. The minimum absolute atomic E-state index is 0.184. The first kappa shape index (κ1) is 20.8. The van der Waals surface area contributed by atoms with Crippen LogP contribution in [-0.4, -0.2) is 8.42 Å². The van der Waals surface area contributed by atoms with Crippen LogP contribution in [0, 0.1) is 14.1 Å². The number of hydrogen-bond acceptors (Lipinski definition) is 3. The van der Waals surface area contributed by atoms with Crippen molar-refractivity contribution in [1.82, 2.24) is 0 Å². The standard InChI is InChI=1S/C25H21IO3S/c1-20-16-18-23(19-17-20)30(27,28)29-26(22-12-6-3-7-13-22)25-15-9-8-14-24(25)21-10-4-2-5-11-21/h2-19H,1H3. The molecule has 152 valence electrons. The van der Waals surface area contributed by atoms with Crippen molar-refractivity contribution in [3.63, 3.8) is 0 Å². The van der Waals surface area contributed by atoms with Crippen LogP contribution in [0.25, 0.3) is 11.1 Å². The van der Waals surface area contributed by atoms with Crippen LogP contribution in [0.3, 0.4) is 0 Å². The van der Waals surface area contributed by atoms with Gasteiger partial charge in [-0.2, -0.15) is 0 Å². The zero-order chi connectivity index (χ0) is 21.0. The summed E-state index contributed by atoms with van der Waals surface area (Å²) < 4.78 is 34.2. The Balaban J connectivity index is 1.83. The molecule has 0 saturated carbocycles. The van der Waals surface area contributed by atoms with Crippen molar-refractivity contribution in [2.45, 2.75) is 11.8 Å². The summed E-state index contributed by atoms with van der Waals surface area (Å²) in [5, 5.41) is 0. The van der Waals surface area contributed by atoms with E-state index >= 15 is 0 Å². The summed E-state index contributed by atoms with van der Waals surface area (Å²) in [6.07, 6.45) is 0. The molecule has 30 heavy (non-hydrogen) atoms. The Hall–Kier alpha value is -2.48. The Morgan fingerprint density at radius 3 is 1.90 bits per heavy atom. The van der Waals surface area contributed by atoms with Crippen LogP contribution in [0.5, 0.6) is 0 Å². The molecule has 4 aromatic carbocycles. The maximum absolute atomic E-state index is 13.2. The van der Waals surface area contributed by atoms with Gasteiger partial charge in [-0.3, -0.25) is 0 Å². The topological polar surface area (TPSA) is 43.4 Å². The van der Waals surface area contributed by atoms with Crippen LogP contribution in [0.1, 0.15) is 5.56 Å². The Morgan fingerprint density at radius 2 is 1.23 bits per heavy atom. The molecule has 0 fully saturated rings. The first-order valence-electron chi connectivity index (χ1n) is 9.46. The zero-order valence-corrected chi connectivity index (χ0v) is 19.4. The first-order chi connectivity index (χ1) is 14.5. The van der Waals surface area contributed by atoms with Gasteiger partial charge in [-0.15, -0.1) is 0 Å². The molecule has 3 nitrogen and oxygen atoms in total. The van der Waals surface area contributed by atoms with E-state index in [0.29, 0.717) is 0 Å². The summed E-state index contributed by atoms with van der Waals surface area (Å²) in [6, 6.07) is 34.4. The van der Waals surface area contributed by atoms with Gasteiger partial charge in [0.2, 0.25) is 0 Å². The van der Waals surface area contributed by atoms with E-state index in [4.69, 9.17) is 2.51 Å². The molecule has 0 aliphatic heterocycles. The van der Waals surface area contributed by atoms with Crippen molar-refractivity contribution in [3.05, 3.63) is 122 Å². The van der Waals surface area contributed by atoms with E-state index in [1.807, 2.05) is 91.9 Å². The van der Waals surface area contributed by atoms with Crippen molar-refractivity contribution in [2.24, 2.45) is 0 Å². The van der Waals surface area contributed by atoms with Crippen LogP contribution >= 0.6 is 20.2 Å². The Bertz CT molecular complexity index is 1220. The van der Waals surface area contributed by atoms with Gasteiger partial charge in [0.25, 0.3) is 0 Å². The van der Waals surface area contributed by atoms with Gasteiger partial charge in [-0.1, -0.05) is 0 Å². The molecule has 0 radical (unpaired) electrons. The molecule has 0 aliphatic carbocycles. The van der Waals surface area contributed by atoms with Gasteiger partial charge < -0.3 is 0 Å². The van der Waals surface area contributed by atoms with E-state index in [-0.39, 0.29) is 4.90 Å². The van der Waals surface area contributed by atoms with Crippen LogP contribution in [-0.2, 0) is 12.6 Å². The third kappa shape index (κ3) is 4.64. The van der Waals surface area contributed by atoms with E-state index in [0.717, 1.165) is 23.8 Å². The number of halogens is 1. The quantitative estimate of drug-likeness (QED) is 0.268. The van der Waals surface area contributed by atoms with Crippen molar-refractivity contribution in [1.29, 1.82) is 0 Å². The summed E-state index contributed by atoms with van der Waals surface area (Å²) in [7, 11) is -3.90. The number of rotatable bonds is 6. The van der Waals surface area contributed by atoms with Crippen molar-refractivity contribution >= 4 is 30.4 Å². The molecular weight excluding hydrogens is 507 g/mol. The van der Waals surface area contributed by atoms with Crippen LogP contribution < -0.4 is 0 Å². The van der Waals surface area contributed by atoms with Crippen molar-refractivity contribution in [2.75, 3.05) is 0 Å². The van der Waals surface area contributed by atoms with Gasteiger partial charge in [-0.25, -0.2) is 0 Å². The second kappa shape index (κ2) is 9.12. The molecule has 0 atom stereocenters. The van der Waals surface area contributed by atoms with E-state index in [9.17, 15) is 8.42 Å². The normalized spacial score (nSPS) is 11.8. The number of benzene rings is 4. The summed E-state index contributed by atoms with van der Waals surface area (Å²) in [4.78, 5) is 0.184. The Labute approximate surface area is 185 Å². The van der Waals surface area contributed by atoms with Crippen LogP contribution in [0.15, 0.2) is 114 Å². The molecule has 0 aromatic heterocycles. The van der Waals surface area contributed by atoms with Crippen LogP contribution in [0.2, 0.25) is 0 Å². The summed E-state index contributed by atoms with van der Waals surface area (Å²) in [5.41, 5.74) is 3.05. The molecule has 5 heteroatoms. The molecule has 4 rings (SSSR count).